The first-order valence-corrected chi connectivity index (χ1v) is 13.1. The van der Waals surface area contributed by atoms with Gasteiger partial charge >= 0.3 is 5.97 Å². The van der Waals surface area contributed by atoms with Crippen LogP contribution in [0.2, 0.25) is 0 Å². The first kappa shape index (κ1) is 28.1. The van der Waals surface area contributed by atoms with Gasteiger partial charge in [-0.2, -0.15) is 0 Å². The highest BCUT2D eigenvalue weighted by atomic mass is 16.5. The maximum Gasteiger partial charge on any atom is 0.305 e. The topological polar surface area (TPSA) is 95.9 Å². The third kappa shape index (κ3) is 9.61. The number of nitrogens with one attached hydrogen (secondary N) is 1. The highest BCUT2D eigenvalue weighted by Gasteiger charge is 2.32. The lowest BCUT2D eigenvalue weighted by atomic mass is 9.84. The van der Waals surface area contributed by atoms with Crippen LogP contribution in [0.3, 0.4) is 0 Å². The van der Waals surface area contributed by atoms with Crippen molar-refractivity contribution in [3.8, 4) is 0 Å². The Balaban J connectivity index is 1.97. The molecule has 0 aromatic rings. The number of hydrogen-bond donors (Lipinski definition) is 2. The number of carbonyl (C=O) groups is 3. The summed E-state index contributed by atoms with van der Waals surface area (Å²) in [6.45, 7) is 8.16. The average Bonchev–Trinajstić information content (AvgIpc) is 3.32. The zero-order valence-electron chi connectivity index (χ0n) is 20.7. The molecule has 0 radical (unpaired) electrons. The van der Waals surface area contributed by atoms with Crippen LogP contribution < -0.4 is 5.32 Å². The van der Waals surface area contributed by atoms with E-state index < -0.39 is 5.92 Å². The number of carbonyl (C=O) groups excluding carboxylic acids is 3. The maximum atomic E-state index is 13.2. The number of aliphatic hydroxyl groups excluding tert-OH is 1. The van der Waals surface area contributed by atoms with Crippen LogP contribution in [0.4, 0.5) is 0 Å². The molecule has 2 amide bonds. The minimum Gasteiger partial charge on any atom is -0.463 e. The highest BCUT2D eigenvalue weighted by Crippen LogP contribution is 2.28. The summed E-state index contributed by atoms with van der Waals surface area (Å²) in [4.78, 5) is 39.9. The smallest absolute Gasteiger partial charge is 0.305 e. The number of amides is 2. The molecule has 2 N–H and O–H groups in total. The molecule has 2 rings (SSSR count). The number of likely N-dealkylation sites (tertiary alicyclic amines) is 1. The van der Waals surface area contributed by atoms with E-state index >= 15 is 0 Å². The van der Waals surface area contributed by atoms with Crippen LogP contribution in [0.1, 0.15) is 83.5 Å². The summed E-state index contributed by atoms with van der Waals surface area (Å²) in [7, 11) is 0. The second kappa shape index (κ2) is 15.7. The number of aliphatic hydroxyl groups is 1. The van der Waals surface area contributed by atoms with Gasteiger partial charge in [-0.1, -0.05) is 44.3 Å². The lowest BCUT2D eigenvalue weighted by Crippen LogP contribution is -2.45. The molecule has 192 valence electrons. The number of nitrogens with zero attached hydrogens (tertiary/aromatic N) is 1. The van der Waals surface area contributed by atoms with Gasteiger partial charge < -0.3 is 20.1 Å². The van der Waals surface area contributed by atoms with E-state index in [1.807, 2.05) is 0 Å². The Morgan fingerprint density at radius 3 is 2.53 bits per heavy atom. The lowest BCUT2D eigenvalue weighted by Gasteiger charge is -2.29. The van der Waals surface area contributed by atoms with Gasteiger partial charge in [0.2, 0.25) is 11.8 Å². The molecule has 0 bridgehead atoms. The molecule has 2 fully saturated rings. The molecule has 34 heavy (non-hydrogen) atoms. The first-order chi connectivity index (χ1) is 16.5. The molecule has 0 spiro atoms. The van der Waals surface area contributed by atoms with Gasteiger partial charge in [-0.15, -0.1) is 13.2 Å². The second-order valence-corrected chi connectivity index (χ2v) is 9.80. The molecule has 0 aromatic carbocycles. The number of ether oxygens (including phenoxy) is 1. The molecule has 1 saturated carbocycles. The van der Waals surface area contributed by atoms with Crippen LogP contribution in [0.5, 0.6) is 0 Å². The van der Waals surface area contributed by atoms with E-state index in [1.165, 1.54) is 19.3 Å². The van der Waals surface area contributed by atoms with E-state index in [1.54, 1.807) is 17.1 Å². The number of rotatable bonds is 15. The maximum absolute atomic E-state index is 13.2. The fourth-order valence-electron chi connectivity index (χ4n) is 5.14. The fourth-order valence-corrected chi connectivity index (χ4v) is 5.14. The van der Waals surface area contributed by atoms with Gasteiger partial charge in [0.25, 0.3) is 0 Å². The number of allylic oxidation sites excluding steroid dienone is 2. The van der Waals surface area contributed by atoms with Gasteiger partial charge in [0.05, 0.1) is 24.6 Å². The normalized spacial score (nSPS) is 20.4. The van der Waals surface area contributed by atoms with Crippen LogP contribution in [-0.4, -0.2) is 59.6 Å². The van der Waals surface area contributed by atoms with Gasteiger partial charge in [-0.25, -0.2) is 0 Å². The number of esters is 1. The van der Waals surface area contributed by atoms with E-state index in [0.717, 1.165) is 38.5 Å². The van der Waals surface area contributed by atoms with E-state index in [-0.39, 0.29) is 49.5 Å². The Hall–Kier alpha value is -2.15. The Morgan fingerprint density at radius 1 is 1.09 bits per heavy atom. The quantitative estimate of drug-likeness (QED) is 0.212. The molecule has 7 heteroatoms. The Labute approximate surface area is 205 Å². The van der Waals surface area contributed by atoms with Gasteiger partial charge in [0.15, 0.2) is 0 Å². The Kier molecular flexibility index (Phi) is 13.0. The number of unbranched alkanes of at least 4 members (excludes halogenated alkanes) is 1. The monoisotopic (exact) mass is 476 g/mol. The van der Waals surface area contributed by atoms with Crippen LogP contribution in [0.25, 0.3) is 0 Å². The predicted octanol–water partition coefficient (Wildman–Crippen LogP) is 3.91. The van der Waals surface area contributed by atoms with E-state index in [2.05, 4.69) is 18.5 Å². The molecule has 1 heterocycles. The number of hydrogen-bond acceptors (Lipinski definition) is 5. The molecule has 1 aliphatic carbocycles. The SMILES string of the molecule is C=CCCCC(=O)OCC(CC1CCCCC1)NC(=O)C(CC=C)CC(=O)N1CCCC1CO. The van der Waals surface area contributed by atoms with Gasteiger partial charge in [0.1, 0.15) is 6.61 Å². The van der Waals surface area contributed by atoms with Crippen molar-refractivity contribution in [2.24, 2.45) is 11.8 Å². The lowest BCUT2D eigenvalue weighted by molar-refractivity contribution is -0.145. The van der Waals surface area contributed by atoms with Crippen molar-refractivity contribution in [3.05, 3.63) is 25.3 Å². The third-order valence-corrected chi connectivity index (χ3v) is 7.07. The van der Waals surface area contributed by atoms with Crippen molar-refractivity contribution in [2.75, 3.05) is 19.8 Å². The zero-order valence-corrected chi connectivity index (χ0v) is 20.7. The van der Waals surface area contributed by atoms with E-state index in [9.17, 15) is 19.5 Å². The van der Waals surface area contributed by atoms with Crippen LogP contribution in [-0.2, 0) is 19.1 Å². The summed E-state index contributed by atoms with van der Waals surface area (Å²) in [6.07, 6.45) is 14.1. The molecule has 0 aromatic heterocycles. The molecule has 2 aliphatic rings. The fraction of sp³-hybridized carbons (Fsp3) is 0.741. The largest absolute Gasteiger partial charge is 0.463 e. The standard InChI is InChI=1S/C27H44N2O5/c1-3-5-7-15-26(32)34-20-23(17-21-12-8-6-9-13-21)28-27(33)22(11-4-2)18-25(31)29-16-10-14-24(29)19-30/h3-4,21-24,30H,1-2,5-20H2,(H,28,33). The molecule has 3 unspecified atom stereocenters. The van der Waals surface area contributed by atoms with Crippen molar-refractivity contribution in [3.63, 3.8) is 0 Å². The van der Waals surface area contributed by atoms with Crippen LogP contribution in [0.15, 0.2) is 25.3 Å². The molecule has 3 atom stereocenters. The third-order valence-electron chi connectivity index (χ3n) is 7.07. The second-order valence-electron chi connectivity index (χ2n) is 9.80. The van der Waals surface area contributed by atoms with Gasteiger partial charge in [-0.05, 0) is 44.4 Å². The Bertz CT molecular complexity index is 674. The van der Waals surface area contributed by atoms with E-state index in [4.69, 9.17) is 4.74 Å². The van der Waals surface area contributed by atoms with Gasteiger partial charge in [-0.3, -0.25) is 14.4 Å². The van der Waals surface area contributed by atoms with Gasteiger partial charge in [0, 0.05) is 19.4 Å². The summed E-state index contributed by atoms with van der Waals surface area (Å²) in [6, 6.07) is -0.419. The zero-order chi connectivity index (χ0) is 24.8. The molecular weight excluding hydrogens is 432 g/mol. The average molecular weight is 477 g/mol. The van der Waals surface area contributed by atoms with Crippen molar-refractivity contribution >= 4 is 17.8 Å². The Morgan fingerprint density at radius 2 is 1.85 bits per heavy atom. The summed E-state index contributed by atoms with van der Waals surface area (Å²) < 4.78 is 5.51. The molecule has 1 aliphatic heterocycles. The van der Waals surface area contributed by atoms with Crippen molar-refractivity contribution in [1.29, 1.82) is 0 Å². The molecular formula is C27H44N2O5. The summed E-state index contributed by atoms with van der Waals surface area (Å²) in [5, 5.41) is 12.6. The highest BCUT2D eigenvalue weighted by molar-refractivity contribution is 5.86. The molecule has 1 saturated heterocycles. The van der Waals surface area contributed by atoms with Crippen molar-refractivity contribution < 1.29 is 24.2 Å². The summed E-state index contributed by atoms with van der Waals surface area (Å²) >= 11 is 0. The van der Waals surface area contributed by atoms with Crippen molar-refractivity contribution in [2.45, 2.75) is 95.6 Å². The predicted molar refractivity (Wildman–Crippen MR) is 133 cm³/mol. The van der Waals surface area contributed by atoms with Crippen molar-refractivity contribution in [1.82, 2.24) is 10.2 Å². The summed E-state index contributed by atoms with van der Waals surface area (Å²) in [5.74, 6) is -0.575. The summed E-state index contributed by atoms with van der Waals surface area (Å²) in [5.41, 5.74) is 0. The molecule has 7 nitrogen and oxygen atoms in total. The van der Waals surface area contributed by atoms with Crippen LogP contribution in [0, 0.1) is 11.8 Å². The van der Waals surface area contributed by atoms with E-state index in [0.29, 0.717) is 31.7 Å². The van der Waals surface area contributed by atoms with Crippen LogP contribution >= 0.6 is 0 Å². The minimum absolute atomic E-state index is 0.0499. The first-order valence-electron chi connectivity index (χ1n) is 13.1. The minimum atomic E-state index is -0.526.